The fourth-order valence-electron chi connectivity index (χ4n) is 1.93. The fraction of sp³-hybridized carbons (Fsp3) is 0.250. The monoisotopic (exact) mass is 273 g/mol. The van der Waals surface area contributed by atoms with Gasteiger partial charge in [-0.15, -0.1) is 0 Å². The molecule has 0 atom stereocenters. The summed E-state index contributed by atoms with van der Waals surface area (Å²) in [5.41, 5.74) is 8.56. The lowest BCUT2D eigenvalue weighted by Crippen LogP contribution is -1.99. The predicted octanol–water partition coefficient (Wildman–Crippen LogP) is 3.00. The molecule has 0 aliphatic heterocycles. The zero-order chi connectivity index (χ0) is 14.4. The van der Waals surface area contributed by atoms with Crippen LogP contribution in [0.3, 0.4) is 0 Å². The van der Waals surface area contributed by atoms with Crippen LogP contribution < -0.4 is 15.2 Å². The number of rotatable bonds is 6. The summed E-state index contributed by atoms with van der Waals surface area (Å²) in [6, 6.07) is 13.5. The Balaban J connectivity index is 2.01. The van der Waals surface area contributed by atoms with Gasteiger partial charge in [0.1, 0.15) is 18.1 Å². The van der Waals surface area contributed by atoms with Crippen LogP contribution in [0.15, 0.2) is 42.5 Å². The molecule has 2 aromatic rings. The summed E-state index contributed by atoms with van der Waals surface area (Å²) >= 11 is 0. The largest absolute Gasteiger partial charge is 0.495 e. The van der Waals surface area contributed by atoms with Gasteiger partial charge in [-0.25, -0.2) is 0 Å². The van der Waals surface area contributed by atoms with E-state index in [4.69, 9.17) is 19.9 Å². The molecule has 0 spiro atoms. The standard InChI is InChI=1S/C16H19NO3/c1-18-10-12-4-3-5-14(8-12)20-11-13-6-7-16(19-2)15(17)9-13/h3-9H,10-11,17H2,1-2H3. The minimum Gasteiger partial charge on any atom is -0.495 e. The van der Waals surface area contributed by atoms with E-state index in [1.807, 2.05) is 42.5 Å². The van der Waals surface area contributed by atoms with Gasteiger partial charge >= 0.3 is 0 Å². The second-order valence-corrected chi connectivity index (χ2v) is 4.45. The number of methoxy groups -OCH3 is 2. The molecule has 4 heteroatoms. The van der Waals surface area contributed by atoms with Crippen LogP contribution in [0.4, 0.5) is 5.69 Å². The highest BCUT2D eigenvalue weighted by molar-refractivity contribution is 5.54. The van der Waals surface area contributed by atoms with Crippen molar-refractivity contribution in [1.29, 1.82) is 0 Å². The van der Waals surface area contributed by atoms with Gasteiger partial charge in [0, 0.05) is 7.11 Å². The van der Waals surface area contributed by atoms with E-state index in [-0.39, 0.29) is 0 Å². The molecule has 0 amide bonds. The lowest BCUT2D eigenvalue weighted by molar-refractivity contribution is 0.184. The number of ether oxygens (including phenoxy) is 3. The van der Waals surface area contributed by atoms with Crippen molar-refractivity contribution in [2.24, 2.45) is 0 Å². The van der Waals surface area contributed by atoms with Crippen LogP contribution >= 0.6 is 0 Å². The smallest absolute Gasteiger partial charge is 0.141 e. The SMILES string of the molecule is COCc1cccc(OCc2ccc(OC)c(N)c2)c1. The normalized spacial score (nSPS) is 10.3. The van der Waals surface area contributed by atoms with Crippen molar-refractivity contribution in [3.8, 4) is 11.5 Å². The Kier molecular flexibility index (Phi) is 4.85. The van der Waals surface area contributed by atoms with Crippen molar-refractivity contribution in [2.45, 2.75) is 13.2 Å². The molecule has 0 aliphatic rings. The predicted molar refractivity (Wildman–Crippen MR) is 78.9 cm³/mol. The average Bonchev–Trinajstić information content (AvgIpc) is 2.46. The van der Waals surface area contributed by atoms with Crippen molar-refractivity contribution < 1.29 is 14.2 Å². The highest BCUT2D eigenvalue weighted by atomic mass is 16.5. The number of hydrogen-bond donors (Lipinski definition) is 1. The molecule has 0 fully saturated rings. The number of benzene rings is 2. The first-order chi connectivity index (χ1) is 9.72. The van der Waals surface area contributed by atoms with Crippen molar-refractivity contribution in [3.05, 3.63) is 53.6 Å². The van der Waals surface area contributed by atoms with E-state index < -0.39 is 0 Å². The van der Waals surface area contributed by atoms with Crippen LogP contribution in [0.2, 0.25) is 0 Å². The van der Waals surface area contributed by atoms with E-state index in [9.17, 15) is 0 Å². The number of nitrogen functional groups attached to an aromatic ring is 1. The van der Waals surface area contributed by atoms with Gasteiger partial charge in [-0.3, -0.25) is 0 Å². The van der Waals surface area contributed by atoms with Gasteiger partial charge < -0.3 is 19.9 Å². The van der Waals surface area contributed by atoms with Crippen molar-refractivity contribution in [1.82, 2.24) is 0 Å². The Hall–Kier alpha value is -2.20. The maximum Gasteiger partial charge on any atom is 0.141 e. The zero-order valence-electron chi connectivity index (χ0n) is 11.8. The van der Waals surface area contributed by atoms with Gasteiger partial charge in [0.25, 0.3) is 0 Å². The molecule has 2 aromatic carbocycles. The van der Waals surface area contributed by atoms with E-state index in [0.717, 1.165) is 16.9 Å². The number of hydrogen-bond acceptors (Lipinski definition) is 4. The van der Waals surface area contributed by atoms with Crippen molar-refractivity contribution in [3.63, 3.8) is 0 Å². The van der Waals surface area contributed by atoms with E-state index in [1.54, 1.807) is 14.2 Å². The summed E-state index contributed by atoms with van der Waals surface area (Å²) in [5.74, 6) is 1.49. The lowest BCUT2D eigenvalue weighted by atomic mass is 10.2. The topological polar surface area (TPSA) is 53.7 Å². The van der Waals surface area contributed by atoms with Gasteiger partial charge in [-0.1, -0.05) is 18.2 Å². The molecule has 0 unspecified atom stereocenters. The Morgan fingerprint density at radius 3 is 2.45 bits per heavy atom. The lowest BCUT2D eigenvalue weighted by Gasteiger charge is -2.10. The molecule has 0 saturated carbocycles. The molecule has 0 aliphatic carbocycles. The van der Waals surface area contributed by atoms with Gasteiger partial charge in [0.2, 0.25) is 0 Å². The summed E-state index contributed by atoms with van der Waals surface area (Å²) in [7, 11) is 3.27. The fourth-order valence-corrected chi connectivity index (χ4v) is 1.93. The first-order valence-corrected chi connectivity index (χ1v) is 6.36. The summed E-state index contributed by atoms with van der Waals surface area (Å²) in [6.45, 7) is 1.04. The summed E-state index contributed by atoms with van der Waals surface area (Å²) in [6.07, 6.45) is 0. The Labute approximate surface area is 119 Å². The van der Waals surface area contributed by atoms with Crippen LogP contribution in [0.1, 0.15) is 11.1 Å². The van der Waals surface area contributed by atoms with Crippen LogP contribution in [0.25, 0.3) is 0 Å². The summed E-state index contributed by atoms with van der Waals surface area (Å²) in [4.78, 5) is 0. The third kappa shape index (κ3) is 3.65. The Morgan fingerprint density at radius 1 is 0.950 bits per heavy atom. The molecule has 0 aromatic heterocycles. The van der Waals surface area contributed by atoms with Crippen LogP contribution in [-0.4, -0.2) is 14.2 Å². The first-order valence-electron chi connectivity index (χ1n) is 6.36. The van der Waals surface area contributed by atoms with Crippen LogP contribution in [0, 0.1) is 0 Å². The molecule has 2 rings (SSSR count). The zero-order valence-corrected chi connectivity index (χ0v) is 11.8. The van der Waals surface area contributed by atoms with E-state index in [1.165, 1.54) is 0 Å². The molecular weight excluding hydrogens is 254 g/mol. The van der Waals surface area contributed by atoms with Gasteiger partial charge in [0.05, 0.1) is 19.4 Å². The van der Waals surface area contributed by atoms with Crippen LogP contribution in [-0.2, 0) is 18.0 Å². The molecule has 2 N–H and O–H groups in total. The average molecular weight is 273 g/mol. The quantitative estimate of drug-likeness (QED) is 0.822. The Bertz CT molecular complexity index is 569. The minimum absolute atomic E-state index is 0.463. The number of nitrogens with two attached hydrogens (primary N) is 1. The molecule has 0 bridgehead atoms. The highest BCUT2D eigenvalue weighted by Gasteiger charge is 2.02. The Morgan fingerprint density at radius 2 is 1.75 bits per heavy atom. The second kappa shape index (κ2) is 6.82. The maximum atomic E-state index is 5.87. The minimum atomic E-state index is 0.463. The van der Waals surface area contributed by atoms with Gasteiger partial charge in [-0.05, 0) is 35.4 Å². The van der Waals surface area contributed by atoms with E-state index in [2.05, 4.69) is 0 Å². The number of anilines is 1. The summed E-state index contributed by atoms with van der Waals surface area (Å²) < 4.78 is 16.0. The van der Waals surface area contributed by atoms with Gasteiger partial charge in [0.15, 0.2) is 0 Å². The summed E-state index contributed by atoms with van der Waals surface area (Å²) in [5, 5.41) is 0. The molecule has 20 heavy (non-hydrogen) atoms. The molecule has 106 valence electrons. The van der Waals surface area contributed by atoms with Crippen molar-refractivity contribution in [2.75, 3.05) is 20.0 Å². The highest BCUT2D eigenvalue weighted by Crippen LogP contribution is 2.23. The van der Waals surface area contributed by atoms with E-state index in [0.29, 0.717) is 24.7 Å². The van der Waals surface area contributed by atoms with Gasteiger partial charge in [-0.2, -0.15) is 0 Å². The maximum absolute atomic E-state index is 5.87. The third-order valence-corrected chi connectivity index (χ3v) is 2.91. The molecule has 0 radical (unpaired) electrons. The third-order valence-electron chi connectivity index (χ3n) is 2.91. The molecule has 0 heterocycles. The molecular formula is C16H19NO3. The second-order valence-electron chi connectivity index (χ2n) is 4.45. The van der Waals surface area contributed by atoms with Crippen LogP contribution in [0.5, 0.6) is 11.5 Å². The van der Waals surface area contributed by atoms with E-state index >= 15 is 0 Å². The first kappa shape index (κ1) is 14.2. The molecule has 0 saturated heterocycles. The molecule has 4 nitrogen and oxygen atoms in total. The van der Waals surface area contributed by atoms with Crippen molar-refractivity contribution >= 4 is 5.69 Å².